The predicted octanol–water partition coefficient (Wildman–Crippen LogP) is 3.42. The lowest BCUT2D eigenvalue weighted by Crippen LogP contribution is -2.60. The van der Waals surface area contributed by atoms with Crippen LogP contribution in [-0.2, 0) is 6.54 Å². The molecule has 0 bridgehead atoms. The molecule has 1 saturated heterocycles. The highest BCUT2D eigenvalue weighted by molar-refractivity contribution is 5.98. The third-order valence-corrected chi connectivity index (χ3v) is 5.42. The summed E-state index contributed by atoms with van der Waals surface area (Å²) in [5.41, 5.74) is 4.10. The molecule has 2 aromatic rings. The molecule has 130 valence electrons. The Morgan fingerprint density at radius 1 is 1.08 bits per heavy atom. The van der Waals surface area contributed by atoms with E-state index in [0.29, 0.717) is 11.3 Å². The maximum Gasteiger partial charge on any atom is 0.258 e. The monoisotopic (exact) mass is 336 g/mol. The van der Waals surface area contributed by atoms with Gasteiger partial charge in [-0.05, 0) is 42.7 Å². The normalized spacial score (nSPS) is 19.2. The number of piperidine rings is 1. The van der Waals surface area contributed by atoms with Crippen molar-refractivity contribution in [2.24, 2.45) is 0 Å². The molecule has 2 aromatic carbocycles. The molecule has 2 aliphatic heterocycles. The summed E-state index contributed by atoms with van der Waals surface area (Å²) < 4.78 is 6.21. The van der Waals surface area contributed by atoms with E-state index >= 15 is 0 Å². The van der Waals surface area contributed by atoms with Crippen LogP contribution in [-0.4, -0.2) is 29.6 Å². The number of nitrogens with zero attached hydrogens (tertiary/aromatic N) is 1. The van der Waals surface area contributed by atoms with Gasteiger partial charge in [0.05, 0.1) is 5.56 Å². The zero-order valence-electron chi connectivity index (χ0n) is 14.8. The molecular weight excluding hydrogens is 312 g/mol. The fraction of sp³-hybridized carbons (Fsp3) is 0.381. The Kier molecular flexibility index (Phi) is 4.00. The van der Waals surface area contributed by atoms with Gasteiger partial charge in [0.1, 0.15) is 5.75 Å². The van der Waals surface area contributed by atoms with Crippen LogP contribution in [0.15, 0.2) is 42.5 Å². The molecule has 1 N–H and O–H groups in total. The number of carbonyl (C=O) groups is 1. The van der Waals surface area contributed by atoms with Crippen molar-refractivity contribution < 1.29 is 9.53 Å². The summed E-state index contributed by atoms with van der Waals surface area (Å²) in [7, 11) is 0. The molecule has 2 heterocycles. The number of benzene rings is 2. The fourth-order valence-corrected chi connectivity index (χ4v) is 3.71. The van der Waals surface area contributed by atoms with E-state index in [1.54, 1.807) is 0 Å². The SMILES string of the molecule is Cc1ccc(CN2CCC3(CC2)NC(=O)c2ccccc2O3)cc1C. The van der Waals surface area contributed by atoms with Crippen LogP contribution in [0, 0.1) is 13.8 Å². The van der Waals surface area contributed by atoms with Gasteiger partial charge in [0.15, 0.2) is 5.72 Å². The molecule has 0 radical (unpaired) electrons. The second-order valence-corrected chi connectivity index (χ2v) is 7.24. The molecule has 0 unspecified atom stereocenters. The van der Waals surface area contributed by atoms with Crippen molar-refractivity contribution in [1.29, 1.82) is 0 Å². The summed E-state index contributed by atoms with van der Waals surface area (Å²) in [6.07, 6.45) is 1.61. The number of nitrogens with one attached hydrogen (secondary N) is 1. The van der Waals surface area contributed by atoms with E-state index in [0.717, 1.165) is 32.5 Å². The maximum absolute atomic E-state index is 12.4. The van der Waals surface area contributed by atoms with Crippen molar-refractivity contribution in [2.45, 2.75) is 39.0 Å². The van der Waals surface area contributed by atoms with Crippen LogP contribution in [0.4, 0.5) is 0 Å². The Labute approximate surface area is 148 Å². The second kappa shape index (κ2) is 6.19. The van der Waals surface area contributed by atoms with Crippen molar-refractivity contribution in [3.63, 3.8) is 0 Å². The first-order chi connectivity index (χ1) is 12.0. The molecule has 1 spiro atoms. The molecule has 4 heteroatoms. The Hall–Kier alpha value is -2.33. The quantitative estimate of drug-likeness (QED) is 0.914. The zero-order valence-corrected chi connectivity index (χ0v) is 14.8. The first-order valence-electron chi connectivity index (χ1n) is 8.94. The molecule has 0 saturated carbocycles. The highest BCUT2D eigenvalue weighted by Gasteiger charge is 2.42. The van der Waals surface area contributed by atoms with Gasteiger partial charge in [0.25, 0.3) is 5.91 Å². The molecule has 1 fully saturated rings. The van der Waals surface area contributed by atoms with Gasteiger partial charge >= 0.3 is 0 Å². The summed E-state index contributed by atoms with van der Waals surface area (Å²) in [4.78, 5) is 14.8. The van der Waals surface area contributed by atoms with Crippen LogP contribution < -0.4 is 10.1 Å². The number of carbonyl (C=O) groups excluding carboxylic acids is 1. The van der Waals surface area contributed by atoms with Gasteiger partial charge in [-0.2, -0.15) is 0 Å². The summed E-state index contributed by atoms with van der Waals surface area (Å²) >= 11 is 0. The summed E-state index contributed by atoms with van der Waals surface area (Å²) in [6.45, 7) is 7.07. The summed E-state index contributed by atoms with van der Waals surface area (Å²) in [5.74, 6) is 0.679. The summed E-state index contributed by atoms with van der Waals surface area (Å²) in [5, 5.41) is 3.10. The first kappa shape index (κ1) is 16.2. The predicted molar refractivity (Wildman–Crippen MR) is 97.7 cm³/mol. The summed E-state index contributed by atoms with van der Waals surface area (Å²) in [6, 6.07) is 14.2. The van der Waals surface area contributed by atoms with E-state index in [-0.39, 0.29) is 5.91 Å². The van der Waals surface area contributed by atoms with Crippen LogP contribution in [0.2, 0.25) is 0 Å². The third kappa shape index (κ3) is 3.14. The van der Waals surface area contributed by atoms with Crippen molar-refractivity contribution in [3.8, 4) is 5.75 Å². The molecule has 0 aliphatic carbocycles. The first-order valence-corrected chi connectivity index (χ1v) is 8.94. The van der Waals surface area contributed by atoms with Crippen LogP contribution in [0.25, 0.3) is 0 Å². The zero-order chi connectivity index (χ0) is 17.4. The molecule has 1 amide bonds. The van der Waals surface area contributed by atoms with Crippen LogP contribution in [0.3, 0.4) is 0 Å². The second-order valence-electron chi connectivity index (χ2n) is 7.24. The molecule has 4 rings (SSSR count). The Morgan fingerprint density at radius 3 is 2.60 bits per heavy atom. The molecule has 25 heavy (non-hydrogen) atoms. The Morgan fingerprint density at radius 2 is 1.84 bits per heavy atom. The van der Waals surface area contributed by atoms with E-state index in [9.17, 15) is 4.79 Å². The lowest BCUT2D eigenvalue weighted by molar-refractivity contribution is -0.0304. The largest absolute Gasteiger partial charge is 0.467 e. The van der Waals surface area contributed by atoms with E-state index in [1.807, 2.05) is 24.3 Å². The number of fused-ring (bicyclic) bond motifs is 1. The van der Waals surface area contributed by atoms with Gasteiger partial charge in [-0.1, -0.05) is 30.3 Å². The molecule has 0 atom stereocenters. The fourth-order valence-electron chi connectivity index (χ4n) is 3.71. The molecular formula is C21H24N2O2. The van der Waals surface area contributed by atoms with Crippen LogP contribution in [0.5, 0.6) is 5.75 Å². The standard InChI is InChI=1S/C21H24N2O2/c1-15-7-8-17(13-16(15)2)14-23-11-9-21(10-12-23)22-20(24)18-5-3-4-6-19(18)25-21/h3-8,13H,9-12,14H2,1-2H3,(H,22,24). The van der Waals surface area contributed by atoms with E-state index in [4.69, 9.17) is 4.74 Å². The minimum Gasteiger partial charge on any atom is -0.467 e. The van der Waals surface area contributed by atoms with Crippen molar-refractivity contribution in [3.05, 3.63) is 64.7 Å². The van der Waals surface area contributed by atoms with Crippen LogP contribution in [0.1, 0.15) is 39.9 Å². The number of para-hydroxylation sites is 1. The smallest absolute Gasteiger partial charge is 0.258 e. The lowest BCUT2D eigenvalue weighted by Gasteiger charge is -2.44. The number of aryl methyl sites for hydroxylation is 2. The van der Waals surface area contributed by atoms with Gasteiger partial charge in [-0.3, -0.25) is 9.69 Å². The average Bonchev–Trinajstić information content (AvgIpc) is 2.60. The number of rotatable bonds is 2. The number of amides is 1. The molecule has 2 aliphatic rings. The van der Waals surface area contributed by atoms with Gasteiger partial charge in [0.2, 0.25) is 0 Å². The van der Waals surface area contributed by atoms with Crippen LogP contribution >= 0.6 is 0 Å². The maximum atomic E-state index is 12.4. The highest BCUT2D eigenvalue weighted by Crippen LogP contribution is 2.33. The topological polar surface area (TPSA) is 41.6 Å². The molecule has 4 nitrogen and oxygen atoms in total. The van der Waals surface area contributed by atoms with E-state index < -0.39 is 5.72 Å². The minimum atomic E-state index is -0.550. The number of hydrogen-bond acceptors (Lipinski definition) is 3. The number of likely N-dealkylation sites (tertiary alicyclic amines) is 1. The van der Waals surface area contributed by atoms with Gasteiger partial charge < -0.3 is 10.1 Å². The average molecular weight is 336 g/mol. The van der Waals surface area contributed by atoms with Crippen molar-refractivity contribution in [1.82, 2.24) is 10.2 Å². The van der Waals surface area contributed by atoms with Gasteiger partial charge in [-0.25, -0.2) is 0 Å². The van der Waals surface area contributed by atoms with Gasteiger partial charge in [-0.15, -0.1) is 0 Å². The highest BCUT2D eigenvalue weighted by atomic mass is 16.5. The van der Waals surface area contributed by atoms with E-state index in [1.165, 1.54) is 16.7 Å². The minimum absolute atomic E-state index is 0.0236. The van der Waals surface area contributed by atoms with Gasteiger partial charge in [0, 0.05) is 32.5 Å². The van der Waals surface area contributed by atoms with Crippen molar-refractivity contribution in [2.75, 3.05) is 13.1 Å². The lowest BCUT2D eigenvalue weighted by atomic mass is 9.96. The van der Waals surface area contributed by atoms with E-state index in [2.05, 4.69) is 42.3 Å². The Balaban J connectivity index is 1.43. The number of ether oxygens (including phenoxy) is 1. The number of hydrogen-bond donors (Lipinski definition) is 1. The molecule has 0 aromatic heterocycles. The third-order valence-electron chi connectivity index (χ3n) is 5.42. The van der Waals surface area contributed by atoms with Crippen molar-refractivity contribution >= 4 is 5.91 Å². The Bertz CT molecular complexity index is 807.